The van der Waals surface area contributed by atoms with Crippen molar-refractivity contribution in [3.63, 3.8) is 0 Å². The quantitative estimate of drug-likeness (QED) is 0.384. The van der Waals surface area contributed by atoms with Crippen LogP contribution in [0.2, 0.25) is 0 Å². The van der Waals surface area contributed by atoms with Gasteiger partial charge in [0.05, 0.1) is 4.90 Å². The average molecular weight is 492 g/mol. The zero-order valence-electron chi connectivity index (χ0n) is 20.9. The molecule has 35 heavy (non-hydrogen) atoms. The maximum absolute atomic E-state index is 13.3. The van der Waals surface area contributed by atoms with Crippen molar-refractivity contribution in [1.29, 1.82) is 0 Å². The Morgan fingerprint density at radius 1 is 1.17 bits per heavy atom. The Labute approximate surface area is 209 Å². The van der Waals surface area contributed by atoms with E-state index in [1.54, 1.807) is 12.4 Å². The topological polar surface area (TPSA) is 95.3 Å². The van der Waals surface area contributed by atoms with Crippen molar-refractivity contribution >= 4 is 11.0 Å². The molecule has 2 aromatic carbocycles. The van der Waals surface area contributed by atoms with Gasteiger partial charge in [0.2, 0.25) is 0 Å². The number of allylic oxidation sites excluding steroid dienone is 2. The number of benzene rings is 2. The molecule has 0 fully saturated rings. The van der Waals surface area contributed by atoms with Crippen LogP contribution in [0.5, 0.6) is 0 Å². The molecule has 3 aromatic rings. The van der Waals surface area contributed by atoms with E-state index in [1.807, 2.05) is 38.4 Å². The lowest BCUT2D eigenvalue weighted by molar-refractivity contribution is 0.402. The molecule has 184 valence electrons. The number of aromatic nitrogens is 2. The van der Waals surface area contributed by atoms with E-state index >= 15 is 0 Å². The second-order valence-electron chi connectivity index (χ2n) is 9.68. The minimum atomic E-state index is -1.50. The molecule has 1 heterocycles. The summed E-state index contributed by atoms with van der Waals surface area (Å²) < 4.78 is 14.7. The molecule has 3 N–H and O–H groups in total. The van der Waals surface area contributed by atoms with Crippen molar-refractivity contribution in [3.8, 4) is 11.1 Å². The molecule has 2 unspecified atom stereocenters. The lowest BCUT2D eigenvalue weighted by Crippen LogP contribution is -2.35. The van der Waals surface area contributed by atoms with Crippen molar-refractivity contribution in [2.75, 3.05) is 14.1 Å². The van der Waals surface area contributed by atoms with Crippen molar-refractivity contribution in [3.05, 3.63) is 93.3 Å². The highest BCUT2D eigenvalue weighted by Gasteiger charge is 2.26. The fraction of sp³-hybridized carbons (Fsp3) is 0.333. The predicted molar refractivity (Wildman–Crippen MR) is 141 cm³/mol. The summed E-state index contributed by atoms with van der Waals surface area (Å²) in [4.78, 5) is 20.7. The van der Waals surface area contributed by atoms with E-state index in [1.165, 1.54) is 21.1 Å². The maximum Gasteiger partial charge on any atom is 0.344 e. The molecule has 1 aliphatic rings. The van der Waals surface area contributed by atoms with Crippen LogP contribution < -0.4 is 11.5 Å². The van der Waals surface area contributed by atoms with Gasteiger partial charge < -0.3 is 9.88 Å². The van der Waals surface area contributed by atoms with E-state index in [9.17, 15) is 9.00 Å². The second kappa shape index (κ2) is 10.3. The van der Waals surface area contributed by atoms with Gasteiger partial charge in [0.25, 0.3) is 0 Å². The molecular formula is C27H33N5O2S. The Kier molecular flexibility index (Phi) is 7.35. The van der Waals surface area contributed by atoms with Gasteiger partial charge in [-0.15, -0.1) is 0 Å². The van der Waals surface area contributed by atoms with Crippen molar-refractivity contribution in [1.82, 2.24) is 19.3 Å². The third kappa shape index (κ3) is 5.45. The molecule has 1 aromatic heterocycles. The number of aromatic amines is 1. The molecule has 0 amide bonds. The standard InChI is InChI=1S/C27H33N5O2S/c1-17(2)24-11-20(21-14-29-27(33)30-15-21)12-25-18(3)10-22(13-26(24)25)32(28)35(34)23-8-6-19(7-9-23)16-31(4)5/h6-12,14-15,17-18H,13,16,28H2,1-5H3,(H,29,30,33). The Morgan fingerprint density at radius 3 is 2.49 bits per heavy atom. The predicted octanol–water partition coefficient (Wildman–Crippen LogP) is 4.06. The number of nitrogens with two attached hydrogens (primary N) is 1. The van der Waals surface area contributed by atoms with E-state index in [-0.39, 0.29) is 17.5 Å². The maximum atomic E-state index is 13.3. The first-order chi connectivity index (χ1) is 16.6. The van der Waals surface area contributed by atoms with Crippen molar-refractivity contribution < 1.29 is 4.21 Å². The third-order valence-corrected chi connectivity index (χ3v) is 7.59. The SMILES string of the molecule is CC(C)c1cc(-c2cnc(=O)[nH]c2)cc2c1CC(N(N)S(=O)c1ccc(CN(C)C)cc1)=CC2C. The van der Waals surface area contributed by atoms with Gasteiger partial charge in [-0.05, 0) is 60.0 Å². The molecule has 0 saturated carbocycles. The monoisotopic (exact) mass is 491 g/mol. The van der Waals surface area contributed by atoms with Crippen LogP contribution >= 0.6 is 0 Å². The molecule has 8 heteroatoms. The summed E-state index contributed by atoms with van der Waals surface area (Å²) in [6.07, 6.45) is 6.01. The lowest BCUT2D eigenvalue weighted by atomic mass is 9.80. The number of rotatable bonds is 7. The highest BCUT2D eigenvalue weighted by Crippen LogP contribution is 2.39. The van der Waals surface area contributed by atoms with Gasteiger partial charge in [-0.1, -0.05) is 51.1 Å². The number of H-pyrrole nitrogens is 1. The first-order valence-corrected chi connectivity index (χ1v) is 12.9. The van der Waals surface area contributed by atoms with Gasteiger partial charge in [0.1, 0.15) is 0 Å². The fourth-order valence-corrected chi connectivity index (χ4v) is 5.51. The summed E-state index contributed by atoms with van der Waals surface area (Å²) in [6, 6.07) is 12.1. The molecule has 4 rings (SSSR count). The average Bonchev–Trinajstić information content (AvgIpc) is 2.83. The van der Waals surface area contributed by atoms with Crippen LogP contribution in [0.3, 0.4) is 0 Å². The summed E-state index contributed by atoms with van der Waals surface area (Å²) in [6.45, 7) is 7.29. The van der Waals surface area contributed by atoms with Crippen LogP contribution in [0, 0.1) is 0 Å². The molecule has 0 saturated heterocycles. The minimum Gasteiger partial charge on any atom is -0.312 e. The molecule has 0 aliphatic heterocycles. The van der Waals surface area contributed by atoms with Crippen LogP contribution in [0.25, 0.3) is 11.1 Å². The first-order valence-electron chi connectivity index (χ1n) is 11.8. The van der Waals surface area contributed by atoms with Crippen LogP contribution in [-0.2, 0) is 24.0 Å². The minimum absolute atomic E-state index is 0.0902. The molecular weight excluding hydrogens is 458 g/mol. The Balaban J connectivity index is 1.64. The van der Waals surface area contributed by atoms with Gasteiger partial charge in [-0.2, -0.15) is 0 Å². The zero-order chi connectivity index (χ0) is 25.3. The summed E-state index contributed by atoms with van der Waals surface area (Å²) >= 11 is 0. The van der Waals surface area contributed by atoms with E-state index < -0.39 is 11.0 Å². The normalized spacial score (nSPS) is 16.2. The summed E-state index contributed by atoms with van der Waals surface area (Å²) in [7, 11) is 2.54. The number of nitrogens with zero attached hydrogens (tertiary/aromatic N) is 3. The lowest BCUT2D eigenvalue weighted by Gasteiger charge is -2.30. The first kappa shape index (κ1) is 25.0. The van der Waals surface area contributed by atoms with Crippen LogP contribution in [0.4, 0.5) is 0 Å². The van der Waals surface area contributed by atoms with Crippen molar-refractivity contribution in [2.24, 2.45) is 5.84 Å². The van der Waals surface area contributed by atoms with Gasteiger partial charge in [0.15, 0.2) is 11.0 Å². The summed E-state index contributed by atoms with van der Waals surface area (Å²) in [5.41, 5.74) is 7.19. The second-order valence-corrected chi connectivity index (χ2v) is 11.0. The Morgan fingerprint density at radius 2 is 1.89 bits per heavy atom. The number of hydrazine groups is 1. The van der Waals surface area contributed by atoms with Gasteiger partial charge in [-0.3, -0.25) is 0 Å². The summed E-state index contributed by atoms with van der Waals surface area (Å²) in [5.74, 6) is 6.81. The molecule has 0 spiro atoms. The van der Waals surface area contributed by atoms with Crippen molar-refractivity contribution in [2.45, 2.75) is 50.5 Å². The number of hydrogen-bond acceptors (Lipinski definition) is 5. The van der Waals surface area contributed by atoms with E-state index in [0.717, 1.165) is 28.9 Å². The zero-order valence-corrected chi connectivity index (χ0v) is 21.7. The highest BCUT2D eigenvalue weighted by molar-refractivity contribution is 7.82. The van der Waals surface area contributed by atoms with Gasteiger partial charge in [0, 0.05) is 42.5 Å². The molecule has 0 bridgehead atoms. The van der Waals surface area contributed by atoms with Crippen LogP contribution in [-0.4, -0.2) is 37.6 Å². The van der Waals surface area contributed by atoms with E-state index in [0.29, 0.717) is 11.3 Å². The summed E-state index contributed by atoms with van der Waals surface area (Å²) in [5, 5.41) is 0. The Hall–Kier alpha value is -3.07. The highest BCUT2D eigenvalue weighted by atomic mass is 32.2. The largest absolute Gasteiger partial charge is 0.344 e. The van der Waals surface area contributed by atoms with Gasteiger partial charge in [-0.25, -0.2) is 24.2 Å². The molecule has 1 aliphatic carbocycles. The fourth-order valence-electron chi connectivity index (χ4n) is 4.58. The number of fused-ring (bicyclic) bond motifs is 1. The van der Waals surface area contributed by atoms with E-state index in [4.69, 9.17) is 5.84 Å². The number of hydrogen-bond donors (Lipinski definition) is 2. The van der Waals surface area contributed by atoms with Crippen LogP contribution in [0.1, 0.15) is 54.9 Å². The third-order valence-electron chi connectivity index (χ3n) is 6.32. The molecule has 0 radical (unpaired) electrons. The van der Waals surface area contributed by atoms with E-state index in [2.05, 4.69) is 53.8 Å². The van der Waals surface area contributed by atoms with Crippen LogP contribution in [0.15, 0.2) is 70.3 Å². The smallest absolute Gasteiger partial charge is 0.312 e. The molecule has 2 atom stereocenters. The Bertz CT molecular complexity index is 1310. The molecule has 7 nitrogen and oxygen atoms in total. The number of nitrogens with one attached hydrogen (secondary N) is 1. The van der Waals surface area contributed by atoms with Gasteiger partial charge >= 0.3 is 5.69 Å².